The number of furan rings is 1. The summed E-state index contributed by atoms with van der Waals surface area (Å²) in [5.74, 6) is 1.41. The van der Waals surface area contributed by atoms with Crippen LogP contribution in [-0.4, -0.2) is 38.3 Å². The number of nitrogens with zero attached hydrogens (tertiary/aromatic N) is 1. The van der Waals surface area contributed by atoms with Gasteiger partial charge in [-0.2, -0.15) is 0 Å². The molecule has 0 amide bonds. The van der Waals surface area contributed by atoms with Crippen LogP contribution in [0, 0.1) is 5.92 Å². The first kappa shape index (κ1) is 16.1. The molecule has 1 fully saturated rings. The van der Waals surface area contributed by atoms with Gasteiger partial charge in [-0.05, 0) is 36.6 Å². The van der Waals surface area contributed by atoms with Gasteiger partial charge in [0.15, 0.2) is 0 Å². The lowest BCUT2D eigenvalue weighted by Gasteiger charge is -2.38. The van der Waals surface area contributed by atoms with E-state index in [1.54, 1.807) is 13.4 Å². The normalized spacial score (nSPS) is 22.2. The minimum absolute atomic E-state index is 0.331. The summed E-state index contributed by atoms with van der Waals surface area (Å²) in [5, 5.41) is 0. The number of benzene rings is 1. The number of likely N-dealkylation sites (tertiary alicyclic amines) is 1. The molecule has 0 spiro atoms. The Kier molecular flexibility index (Phi) is 5.36. The van der Waals surface area contributed by atoms with Crippen LogP contribution in [-0.2, 0) is 17.7 Å². The van der Waals surface area contributed by atoms with Crippen LogP contribution >= 0.6 is 0 Å². The third-order valence-corrected chi connectivity index (χ3v) is 4.69. The van der Waals surface area contributed by atoms with Gasteiger partial charge >= 0.3 is 0 Å². The van der Waals surface area contributed by atoms with Crippen molar-refractivity contribution in [2.24, 2.45) is 5.92 Å². The van der Waals surface area contributed by atoms with Crippen molar-refractivity contribution < 1.29 is 13.9 Å². The summed E-state index contributed by atoms with van der Waals surface area (Å²) < 4.78 is 16.1. The van der Waals surface area contributed by atoms with Crippen molar-refractivity contribution in [1.29, 1.82) is 0 Å². The van der Waals surface area contributed by atoms with Gasteiger partial charge < -0.3 is 13.9 Å². The molecule has 2 aromatic rings. The summed E-state index contributed by atoms with van der Waals surface area (Å²) in [6, 6.07) is 10.4. The van der Waals surface area contributed by atoms with Crippen molar-refractivity contribution in [3.8, 4) is 5.75 Å². The highest BCUT2D eigenvalue weighted by atomic mass is 16.5. The molecule has 0 saturated carbocycles. The van der Waals surface area contributed by atoms with Crippen LogP contribution in [0.25, 0.3) is 0 Å². The molecule has 1 aromatic carbocycles. The second kappa shape index (κ2) is 7.66. The molecule has 0 N–H and O–H groups in total. The quantitative estimate of drug-likeness (QED) is 0.818. The van der Waals surface area contributed by atoms with Gasteiger partial charge in [0.2, 0.25) is 0 Å². The fraction of sp³-hybridized carbons (Fsp3) is 0.474. The smallest absolute Gasteiger partial charge is 0.118 e. The molecule has 2 heterocycles. The van der Waals surface area contributed by atoms with E-state index < -0.39 is 0 Å². The second-order valence-electron chi connectivity index (χ2n) is 6.24. The summed E-state index contributed by atoms with van der Waals surface area (Å²) in [5.41, 5.74) is 2.58. The molecule has 124 valence electrons. The van der Waals surface area contributed by atoms with Crippen molar-refractivity contribution in [3.63, 3.8) is 0 Å². The SMILES string of the molecule is COc1ccc(C[C@H]2CN(Cc3ccoc3)CC[C@@H]2OC)cc1. The third-order valence-electron chi connectivity index (χ3n) is 4.69. The maximum Gasteiger partial charge on any atom is 0.118 e. The lowest BCUT2D eigenvalue weighted by molar-refractivity contribution is -0.00852. The predicted molar refractivity (Wildman–Crippen MR) is 89.6 cm³/mol. The zero-order chi connectivity index (χ0) is 16.1. The molecule has 0 bridgehead atoms. The molecular formula is C19H25NO3. The van der Waals surface area contributed by atoms with Crippen LogP contribution in [0.3, 0.4) is 0 Å². The predicted octanol–water partition coefficient (Wildman–Crippen LogP) is 3.37. The fourth-order valence-electron chi connectivity index (χ4n) is 3.44. The van der Waals surface area contributed by atoms with E-state index in [4.69, 9.17) is 13.9 Å². The topological polar surface area (TPSA) is 34.8 Å². The van der Waals surface area contributed by atoms with Crippen LogP contribution in [0.1, 0.15) is 17.5 Å². The number of hydrogen-bond donors (Lipinski definition) is 0. The molecule has 1 aromatic heterocycles. The molecule has 0 unspecified atom stereocenters. The largest absolute Gasteiger partial charge is 0.497 e. The Morgan fingerprint density at radius 3 is 2.61 bits per heavy atom. The third kappa shape index (κ3) is 4.15. The Balaban J connectivity index is 1.63. The van der Waals surface area contributed by atoms with Crippen molar-refractivity contribution >= 4 is 0 Å². The first-order valence-corrected chi connectivity index (χ1v) is 8.17. The van der Waals surface area contributed by atoms with E-state index in [2.05, 4.69) is 17.0 Å². The van der Waals surface area contributed by atoms with Crippen molar-refractivity contribution in [2.45, 2.75) is 25.5 Å². The van der Waals surface area contributed by atoms with Crippen molar-refractivity contribution in [2.75, 3.05) is 27.3 Å². The van der Waals surface area contributed by atoms with E-state index in [0.717, 1.165) is 38.2 Å². The van der Waals surface area contributed by atoms with Crippen LogP contribution < -0.4 is 4.74 Å². The summed E-state index contributed by atoms with van der Waals surface area (Å²) in [6.07, 6.45) is 6.02. The minimum atomic E-state index is 0.331. The van der Waals surface area contributed by atoms with E-state index in [-0.39, 0.29) is 0 Å². The molecule has 0 aliphatic carbocycles. The number of piperidine rings is 1. The molecule has 2 atom stereocenters. The highest BCUT2D eigenvalue weighted by Crippen LogP contribution is 2.25. The van der Waals surface area contributed by atoms with Crippen LogP contribution in [0.15, 0.2) is 47.3 Å². The number of hydrogen-bond acceptors (Lipinski definition) is 4. The minimum Gasteiger partial charge on any atom is -0.497 e. The van der Waals surface area contributed by atoms with E-state index in [1.165, 1.54) is 11.1 Å². The van der Waals surface area contributed by atoms with Gasteiger partial charge in [-0.15, -0.1) is 0 Å². The van der Waals surface area contributed by atoms with Crippen LogP contribution in [0.2, 0.25) is 0 Å². The molecular weight excluding hydrogens is 290 g/mol. The first-order chi connectivity index (χ1) is 11.3. The Bertz CT molecular complexity index is 579. The van der Waals surface area contributed by atoms with Gasteiger partial charge in [-0.1, -0.05) is 12.1 Å². The molecule has 1 saturated heterocycles. The average molecular weight is 315 g/mol. The van der Waals surface area contributed by atoms with Gasteiger partial charge in [0.25, 0.3) is 0 Å². The maximum absolute atomic E-state index is 5.73. The average Bonchev–Trinajstić information content (AvgIpc) is 3.09. The standard InChI is InChI=1S/C19H25NO3/c1-21-18-5-3-15(4-6-18)11-17-13-20(9-7-19(17)22-2)12-16-8-10-23-14-16/h3-6,8,10,14,17,19H,7,9,11-13H2,1-2H3/t17-,19-/m0/s1. The van der Waals surface area contributed by atoms with Gasteiger partial charge in [0.1, 0.15) is 5.75 Å². The van der Waals surface area contributed by atoms with E-state index >= 15 is 0 Å². The number of rotatable bonds is 6. The molecule has 23 heavy (non-hydrogen) atoms. The Morgan fingerprint density at radius 1 is 1.13 bits per heavy atom. The van der Waals surface area contributed by atoms with Gasteiger partial charge in [-0.25, -0.2) is 0 Å². The molecule has 3 rings (SSSR count). The summed E-state index contributed by atoms with van der Waals surface area (Å²) >= 11 is 0. The first-order valence-electron chi connectivity index (χ1n) is 8.17. The molecule has 1 aliphatic rings. The monoisotopic (exact) mass is 315 g/mol. The molecule has 1 aliphatic heterocycles. The van der Waals surface area contributed by atoms with Crippen molar-refractivity contribution in [1.82, 2.24) is 4.90 Å². The summed E-state index contributed by atoms with van der Waals surface area (Å²) in [6.45, 7) is 3.07. The van der Waals surface area contributed by atoms with E-state index in [0.29, 0.717) is 12.0 Å². The number of methoxy groups -OCH3 is 2. The van der Waals surface area contributed by atoms with Gasteiger partial charge in [-0.3, -0.25) is 4.90 Å². The molecule has 4 heteroatoms. The lowest BCUT2D eigenvalue weighted by atomic mass is 9.88. The summed E-state index contributed by atoms with van der Waals surface area (Å²) in [4.78, 5) is 2.49. The van der Waals surface area contributed by atoms with Crippen LogP contribution in [0.5, 0.6) is 5.75 Å². The van der Waals surface area contributed by atoms with Gasteiger partial charge in [0.05, 0.1) is 25.7 Å². The Morgan fingerprint density at radius 2 is 1.96 bits per heavy atom. The lowest BCUT2D eigenvalue weighted by Crippen LogP contribution is -2.44. The highest BCUT2D eigenvalue weighted by molar-refractivity contribution is 5.27. The number of ether oxygens (including phenoxy) is 2. The fourth-order valence-corrected chi connectivity index (χ4v) is 3.44. The molecule has 4 nitrogen and oxygen atoms in total. The summed E-state index contributed by atoms with van der Waals surface area (Å²) in [7, 11) is 3.53. The zero-order valence-electron chi connectivity index (χ0n) is 13.9. The van der Waals surface area contributed by atoms with E-state index in [1.807, 2.05) is 31.6 Å². The second-order valence-corrected chi connectivity index (χ2v) is 6.24. The Hall–Kier alpha value is -1.78. The van der Waals surface area contributed by atoms with E-state index in [9.17, 15) is 0 Å². The van der Waals surface area contributed by atoms with Crippen LogP contribution in [0.4, 0.5) is 0 Å². The highest BCUT2D eigenvalue weighted by Gasteiger charge is 2.29. The zero-order valence-corrected chi connectivity index (χ0v) is 13.9. The molecule has 0 radical (unpaired) electrons. The van der Waals surface area contributed by atoms with Gasteiger partial charge in [0, 0.05) is 38.2 Å². The van der Waals surface area contributed by atoms with Crippen molar-refractivity contribution in [3.05, 3.63) is 54.0 Å². The Labute approximate surface area is 138 Å². The maximum atomic E-state index is 5.73.